The molecule has 3 aromatic rings. The molecule has 1 fully saturated rings. The monoisotopic (exact) mass is 379 g/mol. The minimum Gasteiger partial charge on any atom is -0.497 e. The molecule has 2 N–H and O–H groups in total. The second-order valence-electron chi connectivity index (χ2n) is 7.63. The number of aromatic nitrogens is 3. The zero-order valence-electron chi connectivity index (χ0n) is 16.5. The summed E-state index contributed by atoms with van der Waals surface area (Å²) in [6, 6.07) is 7.45. The molecule has 2 aromatic heterocycles. The molecule has 1 amide bonds. The Hall–Kier alpha value is -3.09. The SMILES string of the molecule is COc1cccc(NC(=O)C2(C)CCN(c3ncnc4[nH]cc(C)c34)CC2)c1. The number of nitrogens with zero attached hydrogens (tertiary/aromatic N) is 3. The summed E-state index contributed by atoms with van der Waals surface area (Å²) in [5, 5.41) is 4.11. The first kappa shape index (κ1) is 18.3. The van der Waals surface area contributed by atoms with Crippen LogP contribution in [0.3, 0.4) is 0 Å². The van der Waals surface area contributed by atoms with Gasteiger partial charge in [-0.3, -0.25) is 4.79 Å². The first-order chi connectivity index (χ1) is 13.5. The highest BCUT2D eigenvalue weighted by Gasteiger charge is 2.37. The van der Waals surface area contributed by atoms with Crippen molar-refractivity contribution in [3.63, 3.8) is 0 Å². The van der Waals surface area contributed by atoms with Gasteiger partial charge < -0.3 is 19.9 Å². The minimum atomic E-state index is -0.418. The van der Waals surface area contributed by atoms with Gasteiger partial charge in [0.2, 0.25) is 5.91 Å². The number of benzene rings is 1. The number of carbonyl (C=O) groups excluding carboxylic acids is 1. The predicted molar refractivity (Wildman–Crippen MR) is 110 cm³/mol. The molecular formula is C21H25N5O2. The largest absolute Gasteiger partial charge is 0.497 e. The average Bonchev–Trinajstić information content (AvgIpc) is 3.10. The number of nitrogens with one attached hydrogen (secondary N) is 2. The lowest BCUT2D eigenvalue weighted by molar-refractivity contribution is -0.125. The van der Waals surface area contributed by atoms with Crippen molar-refractivity contribution in [3.8, 4) is 5.75 Å². The van der Waals surface area contributed by atoms with Gasteiger partial charge in [0.25, 0.3) is 0 Å². The Bertz CT molecular complexity index is 1000. The van der Waals surface area contributed by atoms with E-state index in [1.165, 1.54) is 0 Å². The van der Waals surface area contributed by atoms with E-state index in [4.69, 9.17) is 4.74 Å². The van der Waals surface area contributed by atoms with E-state index in [-0.39, 0.29) is 5.91 Å². The Kier molecular flexibility index (Phi) is 4.66. The fourth-order valence-electron chi connectivity index (χ4n) is 3.76. The molecule has 0 spiro atoms. The molecule has 0 bridgehead atoms. The molecule has 0 unspecified atom stereocenters. The minimum absolute atomic E-state index is 0.0473. The molecule has 28 heavy (non-hydrogen) atoms. The van der Waals surface area contributed by atoms with Crippen molar-refractivity contribution in [1.29, 1.82) is 0 Å². The van der Waals surface area contributed by atoms with Gasteiger partial charge >= 0.3 is 0 Å². The molecule has 1 saturated heterocycles. The quantitative estimate of drug-likeness (QED) is 0.725. The van der Waals surface area contributed by atoms with Crippen LogP contribution in [-0.4, -0.2) is 41.1 Å². The van der Waals surface area contributed by atoms with Crippen molar-refractivity contribution in [2.45, 2.75) is 26.7 Å². The molecular weight excluding hydrogens is 354 g/mol. The third-order valence-corrected chi connectivity index (χ3v) is 5.69. The highest BCUT2D eigenvalue weighted by atomic mass is 16.5. The lowest BCUT2D eigenvalue weighted by atomic mass is 9.79. The second kappa shape index (κ2) is 7.14. The van der Waals surface area contributed by atoms with Gasteiger partial charge in [-0.25, -0.2) is 9.97 Å². The number of fused-ring (bicyclic) bond motifs is 1. The number of carbonyl (C=O) groups is 1. The molecule has 1 aromatic carbocycles. The summed E-state index contributed by atoms with van der Waals surface area (Å²) < 4.78 is 5.24. The average molecular weight is 379 g/mol. The number of anilines is 2. The Morgan fingerprint density at radius 1 is 1.29 bits per heavy atom. The van der Waals surface area contributed by atoms with E-state index in [1.807, 2.05) is 37.4 Å². The molecule has 1 aliphatic rings. The molecule has 1 aliphatic heterocycles. The summed E-state index contributed by atoms with van der Waals surface area (Å²) >= 11 is 0. The molecule has 4 rings (SSSR count). The van der Waals surface area contributed by atoms with Gasteiger partial charge in [-0.15, -0.1) is 0 Å². The highest BCUT2D eigenvalue weighted by molar-refractivity contribution is 5.96. The molecule has 0 atom stereocenters. The number of amides is 1. The topological polar surface area (TPSA) is 83.1 Å². The van der Waals surface area contributed by atoms with Crippen molar-refractivity contribution in [3.05, 3.63) is 42.4 Å². The van der Waals surface area contributed by atoms with Gasteiger partial charge in [-0.05, 0) is 37.5 Å². The predicted octanol–water partition coefficient (Wildman–Crippen LogP) is 3.52. The van der Waals surface area contributed by atoms with E-state index in [0.717, 1.165) is 59.8 Å². The van der Waals surface area contributed by atoms with Crippen molar-refractivity contribution < 1.29 is 9.53 Å². The number of piperidine rings is 1. The van der Waals surface area contributed by atoms with Crippen LogP contribution in [0.25, 0.3) is 11.0 Å². The molecule has 146 valence electrons. The summed E-state index contributed by atoms with van der Waals surface area (Å²) in [6.45, 7) is 5.65. The van der Waals surface area contributed by atoms with Crippen LogP contribution in [0.1, 0.15) is 25.3 Å². The maximum Gasteiger partial charge on any atom is 0.230 e. The number of aromatic amines is 1. The number of ether oxygens (including phenoxy) is 1. The van der Waals surface area contributed by atoms with Gasteiger partial charge in [0.05, 0.1) is 17.9 Å². The number of aryl methyl sites for hydroxylation is 1. The number of methoxy groups -OCH3 is 1. The van der Waals surface area contributed by atoms with Gasteiger partial charge in [0.1, 0.15) is 23.5 Å². The first-order valence-electron chi connectivity index (χ1n) is 9.49. The Morgan fingerprint density at radius 3 is 2.82 bits per heavy atom. The van der Waals surface area contributed by atoms with E-state index in [1.54, 1.807) is 13.4 Å². The van der Waals surface area contributed by atoms with Crippen molar-refractivity contribution >= 4 is 28.4 Å². The molecule has 0 radical (unpaired) electrons. The van der Waals surface area contributed by atoms with Crippen LogP contribution >= 0.6 is 0 Å². The molecule has 0 aliphatic carbocycles. The third kappa shape index (κ3) is 3.28. The number of rotatable bonds is 4. The fraction of sp³-hybridized carbons (Fsp3) is 0.381. The van der Waals surface area contributed by atoms with E-state index in [0.29, 0.717) is 0 Å². The van der Waals surface area contributed by atoms with Gasteiger partial charge in [0, 0.05) is 31.0 Å². The van der Waals surface area contributed by atoms with Crippen LogP contribution < -0.4 is 15.0 Å². The maximum absolute atomic E-state index is 13.0. The van der Waals surface area contributed by atoms with Crippen LogP contribution in [0.2, 0.25) is 0 Å². The highest BCUT2D eigenvalue weighted by Crippen LogP contribution is 2.36. The van der Waals surface area contributed by atoms with Crippen LogP contribution in [0.15, 0.2) is 36.8 Å². The van der Waals surface area contributed by atoms with E-state index in [9.17, 15) is 4.79 Å². The van der Waals surface area contributed by atoms with E-state index in [2.05, 4.69) is 32.1 Å². The standard InChI is InChI=1S/C21H25N5O2/c1-14-12-22-18-17(14)19(24-13-23-18)26-9-7-21(2,8-10-26)20(27)25-15-5-4-6-16(11-15)28-3/h4-6,11-13H,7-10H2,1-3H3,(H,25,27)(H,22,23,24). The Balaban J connectivity index is 1.47. The van der Waals surface area contributed by atoms with Crippen molar-refractivity contribution in [2.24, 2.45) is 5.41 Å². The van der Waals surface area contributed by atoms with Crippen LogP contribution in [0.4, 0.5) is 11.5 Å². The molecule has 0 saturated carbocycles. The van der Waals surface area contributed by atoms with Crippen molar-refractivity contribution in [2.75, 3.05) is 30.4 Å². The molecule has 7 nitrogen and oxygen atoms in total. The molecule has 7 heteroatoms. The summed E-state index contributed by atoms with van der Waals surface area (Å²) in [5.74, 6) is 1.72. The van der Waals surface area contributed by atoms with Crippen LogP contribution in [0, 0.1) is 12.3 Å². The Labute approximate surface area is 164 Å². The smallest absolute Gasteiger partial charge is 0.230 e. The van der Waals surface area contributed by atoms with E-state index >= 15 is 0 Å². The normalized spacial score (nSPS) is 16.2. The third-order valence-electron chi connectivity index (χ3n) is 5.69. The van der Waals surface area contributed by atoms with Gasteiger partial charge in [-0.1, -0.05) is 13.0 Å². The fourth-order valence-corrected chi connectivity index (χ4v) is 3.76. The lowest BCUT2D eigenvalue weighted by Crippen LogP contribution is -2.45. The van der Waals surface area contributed by atoms with Crippen LogP contribution in [-0.2, 0) is 4.79 Å². The maximum atomic E-state index is 13.0. The van der Waals surface area contributed by atoms with Gasteiger partial charge in [0.15, 0.2) is 0 Å². The Morgan fingerprint density at radius 2 is 2.07 bits per heavy atom. The first-order valence-corrected chi connectivity index (χ1v) is 9.49. The summed E-state index contributed by atoms with van der Waals surface area (Å²) in [4.78, 5) is 27.2. The summed E-state index contributed by atoms with van der Waals surface area (Å²) in [7, 11) is 1.62. The second-order valence-corrected chi connectivity index (χ2v) is 7.63. The summed E-state index contributed by atoms with van der Waals surface area (Å²) in [5.41, 5.74) is 2.33. The zero-order chi connectivity index (χ0) is 19.7. The number of hydrogen-bond donors (Lipinski definition) is 2. The zero-order valence-corrected chi connectivity index (χ0v) is 16.5. The summed E-state index contributed by atoms with van der Waals surface area (Å²) in [6.07, 6.45) is 5.07. The van der Waals surface area contributed by atoms with Gasteiger partial charge in [-0.2, -0.15) is 0 Å². The van der Waals surface area contributed by atoms with Crippen molar-refractivity contribution in [1.82, 2.24) is 15.0 Å². The molecule has 3 heterocycles. The number of H-pyrrole nitrogens is 1. The van der Waals surface area contributed by atoms with Crippen LogP contribution in [0.5, 0.6) is 5.75 Å². The number of hydrogen-bond acceptors (Lipinski definition) is 5. The lowest BCUT2D eigenvalue weighted by Gasteiger charge is -2.39. The van der Waals surface area contributed by atoms with E-state index < -0.39 is 5.41 Å².